The first-order valence-corrected chi connectivity index (χ1v) is 8.44. The average Bonchev–Trinajstić information content (AvgIpc) is 2.77. The van der Waals surface area contributed by atoms with Gasteiger partial charge in [0.1, 0.15) is 0 Å². The molecule has 1 unspecified atom stereocenters. The number of anilines is 1. The van der Waals surface area contributed by atoms with E-state index in [0.717, 1.165) is 17.3 Å². The molecule has 0 aliphatic heterocycles. The fraction of sp³-hybridized carbons (Fsp3) is 0.294. The summed E-state index contributed by atoms with van der Waals surface area (Å²) in [4.78, 5) is 12.2. The summed E-state index contributed by atoms with van der Waals surface area (Å²) in [5, 5.41) is 4.81. The highest BCUT2D eigenvalue weighted by molar-refractivity contribution is 9.10. The molecule has 0 fully saturated rings. The number of nitrogens with one attached hydrogen (secondary N) is 2. The van der Waals surface area contributed by atoms with E-state index < -0.39 is 0 Å². The largest absolute Gasteiger partial charge is 0.356 e. The molecule has 1 aromatic carbocycles. The topological polar surface area (TPSA) is 53.6 Å². The molecular weight excluding hydrogens is 340 g/mol. The number of nitrogens with zero attached hydrogens (tertiary/aromatic N) is 2. The molecule has 0 amide bonds. The molecule has 5 heteroatoms. The number of H-pyrrole nitrogens is 1. The van der Waals surface area contributed by atoms with E-state index in [1.807, 2.05) is 6.07 Å². The van der Waals surface area contributed by atoms with Gasteiger partial charge in [0.15, 0.2) is 0 Å². The fourth-order valence-corrected chi connectivity index (χ4v) is 3.64. The minimum absolute atomic E-state index is 0.242. The summed E-state index contributed by atoms with van der Waals surface area (Å²) in [5.41, 5.74) is 3.93. The first kappa shape index (κ1) is 13.8. The third-order valence-corrected chi connectivity index (χ3v) is 4.78. The van der Waals surface area contributed by atoms with Crippen LogP contribution in [0.4, 0.5) is 5.95 Å². The van der Waals surface area contributed by atoms with Gasteiger partial charge in [0.2, 0.25) is 5.95 Å². The standard InChI is InChI=1S/C17H17BrN4/c18-11-6-7-14-13(10-11)12-4-1-2-5-15(16(12)21-14)22-17-19-8-3-9-20-17/h3,6-10,15,21H,1-2,4-5H2,(H,19,20,22). The van der Waals surface area contributed by atoms with Gasteiger partial charge in [-0.25, -0.2) is 9.97 Å². The van der Waals surface area contributed by atoms with Gasteiger partial charge < -0.3 is 10.3 Å². The molecule has 0 spiro atoms. The molecule has 4 nitrogen and oxygen atoms in total. The van der Waals surface area contributed by atoms with E-state index in [0.29, 0.717) is 5.95 Å². The maximum Gasteiger partial charge on any atom is 0.223 e. The van der Waals surface area contributed by atoms with Crippen molar-refractivity contribution in [2.75, 3.05) is 5.32 Å². The van der Waals surface area contributed by atoms with Crippen molar-refractivity contribution in [3.05, 3.63) is 52.4 Å². The van der Waals surface area contributed by atoms with E-state index >= 15 is 0 Å². The van der Waals surface area contributed by atoms with Crippen LogP contribution in [0.25, 0.3) is 10.9 Å². The Morgan fingerprint density at radius 1 is 1.18 bits per heavy atom. The molecule has 1 atom stereocenters. The average molecular weight is 357 g/mol. The molecule has 2 heterocycles. The molecule has 4 rings (SSSR count). The Morgan fingerprint density at radius 3 is 2.91 bits per heavy atom. The molecule has 2 aromatic heterocycles. The van der Waals surface area contributed by atoms with E-state index in [-0.39, 0.29) is 6.04 Å². The van der Waals surface area contributed by atoms with Crippen molar-refractivity contribution in [2.24, 2.45) is 0 Å². The van der Waals surface area contributed by atoms with Gasteiger partial charge in [0.05, 0.1) is 6.04 Å². The van der Waals surface area contributed by atoms with Gasteiger partial charge in [-0.1, -0.05) is 22.4 Å². The predicted molar refractivity (Wildman–Crippen MR) is 91.9 cm³/mol. The first-order chi connectivity index (χ1) is 10.8. The Morgan fingerprint density at radius 2 is 2.05 bits per heavy atom. The smallest absolute Gasteiger partial charge is 0.223 e. The summed E-state index contributed by atoms with van der Waals surface area (Å²) in [6.45, 7) is 0. The van der Waals surface area contributed by atoms with Gasteiger partial charge in [0, 0.05) is 33.5 Å². The predicted octanol–water partition coefficient (Wildman–Crippen LogP) is 4.60. The molecule has 1 aliphatic carbocycles. The van der Waals surface area contributed by atoms with E-state index in [4.69, 9.17) is 0 Å². The van der Waals surface area contributed by atoms with E-state index in [2.05, 4.69) is 54.4 Å². The van der Waals surface area contributed by atoms with Crippen LogP contribution in [0.5, 0.6) is 0 Å². The molecule has 22 heavy (non-hydrogen) atoms. The van der Waals surface area contributed by atoms with Crippen molar-refractivity contribution < 1.29 is 0 Å². The van der Waals surface area contributed by atoms with E-state index in [1.54, 1.807) is 12.4 Å². The van der Waals surface area contributed by atoms with Crippen LogP contribution in [-0.2, 0) is 6.42 Å². The van der Waals surface area contributed by atoms with Crippen LogP contribution in [0.15, 0.2) is 41.1 Å². The molecule has 0 bridgehead atoms. The lowest BCUT2D eigenvalue weighted by Crippen LogP contribution is -2.13. The van der Waals surface area contributed by atoms with Gasteiger partial charge in [-0.15, -0.1) is 0 Å². The normalized spacial score (nSPS) is 18.0. The fourth-order valence-electron chi connectivity index (χ4n) is 3.28. The number of aromatic nitrogens is 3. The Bertz CT molecular complexity index is 797. The lowest BCUT2D eigenvalue weighted by molar-refractivity contribution is 0.632. The minimum atomic E-state index is 0.242. The second-order valence-corrected chi connectivity index (χ2v) is 6.64. The third kappa shape index (κ3) is 2.50. The zero-order valence-electron chi connectivity index (χ0n) is 12.1. The van der Waals surface area contributed by atoms with Crippen LogP contribution < -0.4 is 5.32 Å². The molecule has 112 valence electrons. The number of fused-ring (bicyclic) bond motifs is 3. The summed E-state index contributed by atoms with van der Waals surface area (Å²) in [7, 11) is 0. The van der Waals surface area contributed by atoms with Crippen LogP contribution in [0.2, 0.25) is 0 Å². The SMILES string of the molecule is Brc1ccc2[nH]c3c(c2c1)CCCCC3Nc1ncccn1. The maximum atomic E-state index is 4.30. The number of aryl methyl sites for hydroxylation is 1. The molecule has 2 N–H and O–H groups in total. The number of hydrogen-bond acceptors (Lipinski definition) is 3. The highest BCUT2D eigenvalue weighted by atomic mass is 79.9. The van der Waals surface area contributed by atoms with Gasteiger partial charge in [0.25, 0.3) is 0 Å². The number of hydrogen-bond donors (Lipinski definition) is 2. The molecule has 0 radical (unpaired) electrons. The zero-order chi connectivity index (χ0) is 14.9. The minimum Gasteiger partial charge on any atom is -0.356 e. The first-order valence-electron chi connectivity index (χ1n) is 7.65. The van der Waals surface area contributed by atoms with Gasteiger partial charge in [-0.3, -0.25) is 0 Å². The molecule has 0 saturated carbocycles. The number of benzene rings is 1. The lowest BCUT2D eigenvalue weighted by atomic mass is 10.0. The second-order valence-electron chi connectivity index (χ2n) is 5.72. The van der Waals surface area contributed by atoms with Crippen LogP contribution >= 0.6 is 15.9 Å². The van der Waals surface area contributed by atoms with Gasteiger partial charge in [-0.05, 0) is 49.1 Å². The summed E-state index contributed by atoms with van der Waals surface area (Å²) in [6.07, 6.45) is 8.20. The quantitative estimate of drug-likeness (QED) is 0.659. The summed E-state index contributed by atoms with van der Waals surface area (Å²) >= 11 is 3.58. The van der Waals surface area contributed by atoms with Crippen molar-refractivity contribution in [2.45, 2.75) is 31.7 Å². The molecule has 0 saturated heterocycles. The van der Waals surface area contributed by atoms with Gasteiger partial charge in [-0.2, -0.15) is 0 Å². The second kappa shape index (κ2) is 5.72. The molecule has 1 aliphatic rings. The highest BCUT2D eigenvalue weighted by Gasteiger charge is 2.23. The Balaban J connectivity index is 1.77. The van der Waals surface area contributed by atoms with Crippen LogP contribution in [0.1, 0.15) is 36.6 Å². The number of rotatable bonds is 2. The number of aromatic amines is 1. The Kier molecular flexibility index (Phi) is 3.58. The van der Waals surface area contributed by atoms with E-state index in [9.17, 15) is 0 Å². The van der Waals surface area contributed by atoms with E-state index in [1.165, 1.54) is 35.0 Å². The Hall–Kier alpha value is -1.88. The summed E-state index contributed by atoms with van der Waals surface area (Å²) in [6, 6.07) is 8.52. The number of halogens is 1. The van der Waals surface area contributed by atoms with Crippen molar-refractivity contribution in [1.82, 2.24) is 15.0 Å². The van der Waals surface area contributed by atoms with Crippen molar-refractivity contribution in [3.8, 4) is 0 Å². The third-order valence-electron chi connectivity index (χ3n) is 4.29. The monoisotopic (exact) mass is 356 g/mol. The zero-order valence-corrected chi connectivity index (χ0v) is 13.7. The summed E-state index contributed by atoms with van der Waals surface area (Å²) < 4.78 is 1.13. The lowest BCUT2D eigenvalue weighted by Gasteiger charge is -2.16. The van der Waals surface area contributed by atoms with Crippen molar-refractivity contribution in [3.63, 3.8) is 0 Å². The highest BCUT2D eigenvalue weighted by Crippen LogP contribution is 2.36. The maximum absolute atomic E-state index is 4.30. The Labute approximate surface area is 137 Å². The van der Waals surface area contributed by atoms with Crippen molar-refractivity contribution in [1.29, 1.82) is 0 Å². The summed E-state index contributed by atoms with van der Waals surface area (Å²) in [5.74, 6) is 0.695. The van der Waals surface area contributed by atoms with Crippen LogP contribution in [0.3, 0.4) is 0 Å². The molecule has 3 aromatic rings. The van der Waals surface area contributed by atoms with Crippen LogP contribution in [0, 0.1) is 0 Å². The van der Waals surface area contributed by atoms with Crippen molar-refractivity contribution >= 4 is 32.8 Å². The molecular formula is C17H17BrN4. The van der Waals surface area contributed by atoms with Gasteiger partial charge >= 0.3 is 0 Å². The van der Waals surface area contributed by atoms with Crippen LogP contribution in [-0.4, -0.2) is 15.0 Å².